The highest BCUT2D eigenvalue weighted by molar-refractivity contribution is 5.98. The van der Waals surface area contributed by atoms with E-state index in [0.29, 0.717) is 0 Å². The molecule has 25 heavy (non-hydrogen) atoms. The van der Waals surface area contributed by atoms with Gasteiger partial charge in [-0.25, -0.2) is 0 Å². The van der Waals surface area contributed by atoms with Crippen LogP contribution in [0.3, 0.4) is 0 Å². The highest BCUT2D eigenvalue weighted by Gasteiger charge is 2.36. The third kappa shape index (κ3) is 2.66. The Morgan fingerprint density at radius 1 is 1.00 bits per heavy atom. The molecule has 1 N–H and O–H groups in total. The van der Waals surface area contributed by atoms with Crippen LogP contribution < -0.4 is 0 Å². The van der Waals surface area contributed by atoms with Crippen molar-refractivity contribution in [3.05, 3.63) is 83.1 Å². The minimum atomic E-state index is 0.0207. The number of carbonyl (C=O) groups is 1. The standard InChI is InChI=1S/C22H22N2O/c1-15-16(2)22(25)24(13-12-17-8-4-3-5-9-17)21(15)19-14-23-20-11-7-6-10-18(19)20/h3-11,14,21,23H,12-13H2,1-2H3/t21-/m1/s1. The summed E-state index contributed by atoms with van der Waals surface area (Å²) in [5, 5.41) is 1.19. The molecule has 0 unspecified atom stereocenters. The van der Waals surface area contributed by atoms with Crippen molar-refractivity contribution in [1.82, 2.24) is 9.88 Å². The van der Waals surface area contributed by atoms with Gasteiger partial charge in [0, 0.05) is 34.8 Å². The van der Waals surface area contributed by atoms with Gasteiger partial charge in [-0.1, -0.05) is 48.5 Å². The molecule has 1 aromatic heterocycles. The molecule has 0 radical (unpaired) electrons. The van der Waals surface area contributed by atoms with Crippen molar-refractivity contribution < 1.29 is 4.79 Å². The Morgan fingerprint density at radius 2 is 1.72 bits per heavy atom. The molecule has 3 aromatic rings. The molecule has 1 aliphatic heterocycles. The second-order valence-corrected chi connectivity index (χ2v) is 6.73. The molecule has 0 spiro atoms. The van der Waals surface area contributed by atoms with E-state index in [2.05, 4.69) is 48.4 Å². The maximum absolute atomic E-state index is 12.8. The van der Waals surface area contributed by atoms with Crippen LogP contribution >= 0.6 is 0 Å². The minimum absolute atomic E-state index is 0.0207. The molecule has 3 heteroatoms. The van der Waals surface area contributed by atoms with Crippen LogP contribution in [-0.4, -0.2) is 22.3 Å². The number of para-hydroxylation sites is 1. The van der Waals surface area contributed by atoms with Crippen LogP contribution in [-0.2, 0) is 11.2 Å². The Labute approximate surface area is 148 Å². The quantitative estimate of drug-likeness (QED) is 0.744. The highest BCUT2D eigenvalue weighted by atomic mass is 16.2. The fourth-order valence-corrected chi connectivity index (χ4v) is 3.79. The number of H-pyrrole nitrogens is 1. The van der Waals surface area contributed by atoms with E-state index in [1.54, 1.807) is 0 Å². The van der Waals surface area contributed by atoms with E-state index in [1.165, 1.54) is 16.5 Å². The van der Waals surface area contributed by atoms with Gasteiger partial charge in [0.2, 0.25) is 5.91 Å². The van der Waals surface area contributed by atoms with Gasteiger partial charge < -0.3 is 9.88 Å². The van der Waals surface area contributed by atoms with Crippen LogP contribution in [0.4, 0.5) is 0 Å². The maximum atomic E-state index is 12.8. The molecule has 0 saturated carbocycles. The number of nitrogens with zero attached hydrogens (tertiary/aromatic N) is 1. The van der Waals surface area contributed by atoms with Crippen molar-refractivity contribution in [2.24, 2.45) is 0 Å². The zero-order chi connectivity index (χ0) is 17.4. The lowest BCUT2D eigenvalue weighted by Gasteiger charge is -2.26. The first kappa shape index (κ1) is 15.7. The van der Waals surface area contributed by atoms with Gasteiger partial charge in [-0.05, 0) is 37.5 Å². The van der Waals surface area contributed by atoms with Crippen LogP contribution in [0.1, 0.15) is 31.0 Å². The zero-order valence-corrected chi connectivity index (χ0v) is 14.6. The molecule has 0 bridgehead atoms. The topological polar surface area (TPSA) is 36.1 Å². The number of aromatic nitrogens is 1. The Hall–Kier alpha value is -2.81. The normalized spacial score (nSPS) is 17.8. The SMILES string of the molecule is CC1=C(C)[C@H](c2c[nH]c3ccccc23)N(CCc2ccccc2)C1=O. The van der Waals surface area contributed by atoms with Gasteiger partial charge in [-0.2, -0.15) is 0 Å². The number of fused-ring (bicyclic) bond motifs is 1. The maximum Gasteiger partial charge on any atom is 0.250 e. The van der Waals surface area contributed by atoms with E-state index >= 15 is 0 Å². The Kier molecular flexibility index (Phi) is 3.92. The summed E-state index contributed by atoms with van der Waals surface area (Å²) in [6.07, 6.45) is 2.92. The van der Waals surface area contributed by atoms with Crippen molar-refractivity contribution in [2.45, 2.75) is 26.3 Å². The first-order valence-corrected chi connectivity index (χ1v) is 8.75. The molecular formula is C22H22N2O. The lowest BCUT2D eigenvalue weighted by molar-refractivity contribution is -0.127. The predicted molar refractivity (Wildman–Crippen MR) is 101 cm³/mol. The lowest BCUT2D eigenvalue weighted by atomic mass is 9.98. The van der Waals surface area contributed by atoms with E-state index in [0.717, 1.165) is 29.6 Å². The van der Waals surface area contributed by atoms with Gasteiger partial charge in [0.05, 0.1) is 6.04 Å². The average molecular weight is 330 g/mol. The molecule has 0 saturated heterocycles. The predicted octanol–water partition coefficient (Wildman–Crippen LogP) is 4.63. The fourth-order valence-electron chi connectivity index (χ4n) is 3.79. The summed E-state index contributed by atoms with van der Waals surface area (Å²) < 4.78 is 0. The smallest absolute Gasteiger partial charge is 0.250 e. The summed E-state index contributed by atoms with van der Waals surface area (Å²) in [7, 11) is 0. The van der Waals surface area contributed by atoms with Crippen molar-refractivity contribution in [1.29, 1.82) is 0 Å². The summed E-state index contributed by atoms with van der Waals surface area (Å²) in [6, 6.07) is 18.7. The van der Waals surface area contributed by atoms with Gasteiger partial charge >= 0.3 is 0 Å². The van der Waals surface area contributed by atoms with Crippen molar-refractivity contribution in [3.8, 4) is 0 Å². The summed E-state index contributed by atoms with van der Waals surface area (Å²) in [5.41, 5.74) is 5.60. The number of hydrogen-bond acceptors (Lipinski definition) is 1. The molecule has 1 atom stereocenters. The summed E-state index contributed by atoms with van der Waals surface area (Å²) in [6.45, 7) is 4.76. The highest BCUT2D eigenvalue weighted by Crippen LogP contribution is 2.40. The number of aromatic amines is 1. The van der Waals surface area contributed by atoms with Gasteiger partial charge in [0.25, 0.3) is 0 Å². The number of rotatable bonds is 4. The van der Waals surface area contributed by atoms with Crippen molar-refractivity contribution in [2.75, 3.05) is 6.54 Å². The first-order chi connectivity index (χ1) is 12.2. The van der Waals surface area contributed by atoms with Crippen LogP contribution in [0.2, 0.25) is 0 Å². The van der Waals surface area contributed by atoms with E-state index in [9.17, 15) is 4.79 Å². The van der Waals surface area contributed by atoms with E-state index in [-0.39, 0.29) is 11.9 Å². The Balaban J connectivity index is 1.69. The van der Waals surface area contributed by atoms with Crippen LogP contribution in [0.15, 0.2) is 71.9 Å². The molecule has 0 aliphatic carbocycles. The lowest BCUT2D eigenvalue weighted by Crippen LogP contribution is -2.32. The van der Waals surface area contributed by atoms with Gasteiger partial charge in [-0.3, -0.25) is 4.79 Å². The van der Waals surface area contributed by atoms with Crippen LogP contribution in [0, 0.1) is 0 Å². The van der Waals surface area contributed by atoms with Crippen molar-refractivity contribution >= 4 is 16.8 Å². The summed E-state index contributed by atoms with van der Waals surface area (Å²) in [4.78, 5) is 18.2. The van der Waals surface area contributed by atoms with Crippen molar-refractivity contribution in [3.63, 3.8) is 0 Å². The molecule has 2 aromatic carbocycles. The Morgan fingerprint density at radius 3 is 2.52 bits per heavy atom. The third-order valence-corrected chi connectivity index (χ3v) is 5.30. The number of carbonyl (C=O) groups excluding carboxylic acids is 1. The first-order valence-electron chi connectivity index (χ1n) is 8.75. The minimum Gasteiger partial charge on any atom is -0.361 e. The van der Waals surface area contributed by atoms with E-state index in [1.807, 2.05) is 36.1 Å². The number of amides is 1. The zero-order valence-electron chi connectivity index (χ0n) is 14.6. The number of nitrogens with one attached hydrogen (secondary N) is 1. The van der Waals surface area contributed by atoms with Gasteiger partial charge in [-0.15, -0.1) is 0 Å². The largest absolute Gasteiger partial charge is 0.361 e. The Bertz CT molecular complexity index is 952. The molecule has 1 amide bonds. The monoisotopic (exact) mass is 330 g/mol. The van der Waals surface area contributed by atoms with Crippen LogP contribution in [0.25, 0.3) is 10.9 Å². The molecule has 0 fully saturated rings. The van der Waals surface area contributed by atoms with E-state index in [4.69, 9.17) is 0 Å². The molecule has 4 rings (SSSR count). The van der Waals surface area contributed by atoms with E-state index < -0.39 is 0 Å². The second-order valence-electron chi connectivity index (χ2n) is 6.73. The second kappa shape index (κ2) is 6.25. The molecule has 3 nitrogen and oxygen atoms in total. The summed E-state index contributed by atoms with van der Waals surface area (Å²) in [5.74, 6) is 0.156. The van der Waals surface area contributed by atoms with Gasteiger partial charge in [0.15, 0.2) is 0 Å². The van der Waals surface area contributed by atoms with Gasteiger partial charge in [0.1, 0.15) is 0 Å². The van der Waals surface area contributed by atoms with Crippen LogP contribution in [0.5, 0.6) is 0 Å². The molecule has 2 heterocycles. The average Bonchev–Trinajstić information content (AvgIpc) is 3.16. The number of benzene rings is 2. The third-order valence-electron chi connectivity index (χ3n) is 5.30. The summed E-state index contributed by atoms with van der Waals surface area (Å²) >= 11 is 0. The number of hydrogen-bond donors (Lipinski definition) is 1. The molecule has 1 aliphatic rings. The fraction of sp³-hybridized carbons (Fsp3) is 0.227. The molecular weight excluding hydrogens is 308 g/mol. The molecule has 126 valence electrons.